The number of carbonyl (C=O) groups is 1. The van der Waals surface area contributed by atoms with Crippen LogP contribution < -0.4 is 5.32 Å². The van der Waals surface area contributed by atoms with Gasteiger partial charge in [0.15, 0.2) is 11.5 Å². The lowest BCUT2D eigenvalue weighted by atomic mass is 9.81. The number of halogens is 5. The lowest BCUT2D eigenvalue weighted by Gasteiger charge is -2.50. The Morgan fingerprint density at radius 2 is 2.00 bits per heavy atom. The predicted octanol–water partition coefficient (Wildman–Crippen LogP) is 5.26. The molecule has 1 aliphatic carbocycles. The van der Waals surface area contributed by atoms with E-state index in [-0.39, 0.29) is 48.1 Å². The highest BCUT2D eigenvalue weighted by atomic mass is 35.5. The lowest BCUT2D eigenvalue weighted by molar-refractivity contribution is -0.162. The summed E-state index contributed by atoms with van der Waals surface area (Å²) in [6, 6.07) is 3.47. The van der Waals surface area contributed by atoms with E-state index in [2.05, 4.69) is 15.3 Å². The minimum absolute atomic E-state index is 0.0367. The number of benzene rings is 1. The third kappa shape index (κ3) is 5.33. The van der Waals surface area contributed by atoms with E-state index in [0.29, 0.717) is 38.3 Å². The van der Waals surface area contributed by atoms with Crippen LogP contribution in [0.4, 0.5) is 23.4 Å². The number of hydrogen-bond donors (Lipinski definition) is 1. The summed E-state index contributed by atoms with van der Waals surface area (Å²) in [6.45, 7) is 3.12. The van der Waals surface area contributed by atoms with Gasteiger partial charge in [0, 0.05) is 30.6 Å². The number of nitrogens with one attached hydrogen (secondary N) is 1. The summed E-state index contributed by atoms with van der Waals surface area (Å²) < 4.78 is 61.2. The van der Waals surface area contributed by atoms with Crippen LogP contribution >= 0.6 is 11.6 Å². The fourth-order valence-electron chi connectivity index (χ4n) is 5.40. The van der Waals surface area contributed by atoms with Gasteiger partial charge in [-0.3, -0.25) is 9.69 Å². The molecule has 2 aliphatic heterocycles. The molecule has 3 heterocycles. The first-order valence-corrected chi connectivity index (χ1v) is 12.9. The number of rotatable bonds is 9. The SMILES string of the molecule is C[C@@H](Nc1nc(Cl)nc2c1CC(CCC(=O)C1(F)CN(C3COC3)C1)CC2)c1cccc(C(F)F)c1F. The highest BCUT2D eigenvalue weighted by Gasteiger charge is 2.52. The zero-order chi connectivity index (χ0) is 26.3. The molecule has 1 N–H and O–H groups in total. The number of alkyl halides is 3. The molecule has 0 bridgehead atoms. The summed E-state index contributed by atoms with van der Waals surface area (Å²) in [5.41, 5.74) is -0.772. The van der Waals surface area contributed by atoms with Crippen LogP contribution in [0.1, 0.15) is 61.0 Å². The van der Waals surface area contributed by atoms with Crippen LogP contribution in [-0.2, 0) is 22.4 Å². The number of Topliss-reactive ketones (excluding diaryl/α,β-unsaturated/α-hetero) is 1. The smallest absolute Gasteiger partial charge is 0.266 e. The molecule has 3 aliphatic rings. The highest BCUT2D eigenvalue weighted by molar-refractivity contribution is 6.28. The van der Waals surface area contributed by atoms with Gasteiger partial charge in [-0.2, -0.15) is 0 Å². The zero-order valence-electron chi connectivity index (χ0n) is 20.5. The number of nitrogens with zero attached hydrogens (tertiary/aromatic N) is 3. The third-order valence-corrected chi connectivity index (χ3v) is 7.95. The fraction of sp³-hybridized carbons (Fsp3) is 0.577. The Kier molecular flexibility index (Phi) is 7.44. The standard InChI is InChI=1S/C26H29ClF4N4O2/c1-14(17-3-2-4-18(22(17)28)23(29)30)32-24-19-9-15(5-7-20(19)33-25(27)34-24)6-8-21(36)26(31)12-35(13-26)16-10-37-11-16/h2-4,14-16,23H,5-13H2,1H3,(H,32,33,34)/t14-,15?/m1/s1. The quantitative estimate of drug-likeness (QED) is 0.346. The van der Waals surface area contributed by atoms with Crippen molar-refractivity contribution in [1.82, 2.24) is 14.9 Å². The molecule has 6 nitrogen and oxygen atoms in total. The molecular formula is C26H29ClF4N4O2. The number of fused-ring (bicyclic) bond motifs is 1. The van der Waals surface area contributed by atoms with E-state index in [9.17, 15) is 18.0 Å². The molecule has 11 heteroatoms. The Balaban J connectivity index is 1.24. The number of aryl methyl sites for hydroxylation is 1. The van der Waals surface area contributed by atoms with E-state index >= 15 is 4.39 Å². The van der Waals surface area contributed by atoms with Crippen LogP contribution in [0.5, 0.6) is 0 Å². The van der Waals surface area contributed by atoms with Crippen LogP contribution in [-0.4, -0.2) is 58.7 Å². The second kappa shape index (κ2) is 10.5. The minimum Gasteiger partial charge on any atom is -0.378 e. The van der Waals surface area contributed by atoms with Gasteiger partial charge in [0.2, 0.25) is 5.28 Å². The van der Waals surface area contributed by atoms with E-state index in [1.54, 1.807) is 6.92 Å². The molecule has 1 unspecified atom stereocenters. The molecule has 2 saturated heterocycles. The van der Waals surface area contributed by atoms with Crippen LogP contribution in [0.15, 0.2) is 18.2 Å². The number of carbonyl (C=O) groups excluding carboxylic acids is 1. The summed E-state index contributed by atoms with van der Waals surface area (Å²) in [7, 11) is 0. The Morgan fingerprint density at radius 3 is 2.68 bits per heavy atom. The Hall–Kier alpha value is -2.30. The Morgan fingerprint density at radius 1 is 1.27 bits per heavy atom. The molecule has 0 amide bonds. The molecular weight excluding hydrogens is 512 g/mol. The van der Waals surface area contributed by atoms with Gasteiger partial charge in [-0.15, -0.1) is 0 Å². The Bertz CT molecular complexity index is 1170. The number of hydrogen-bond acceptors (Lipinski definition) is 6. The highest BCUT2D eigenvalue weighted by Crippen LogP contribution is 2.37. The zero-order valence-corrected chi connectivity index (χ0v) is 21.2. The van der Waals surface area contributed by atoms with Gasteiger partial charge in [0.05, 0.1) is 36.6 Å². The molecule has 0 spiro atoms. The summed E-state index contributed by atoms with van der Waals surface area (Å²) in [5.74, 6) is -0.776. The van der Waals surface area contributed by atoms with Crippen molar-refractivity contribution in [3.63, 3.8) is 0 Å². The van der Waals surface area contributed by atoms with Gasteiger partial charge >= 0.3 is 0 Å². The van der Waals surface area contributed by atoms with Gasteiger partial charge in [0.25, 0.3) is 6.43 Å². The Labute approximate surface area is 217 Å². The summed E-state index contributed by atoms with van der Waals surface area (Å²) in [4.78, 5) is 23.2. The second-order valence-corrected chi connectivity index (χ2v) is 10.7. The van der Waals surface area contributed by atoms with Crippen molar-refractivity contribution in [3.05, 3.63) is 51.7 Å². The molecule has 1 aromatic carbocycles. The molecule has 0 saturated carbocycles. The maximum Gasteiger partial charge on any atom is 0.266 e. The lowest BCUT2D eigenvalue weighted by Crippen LogP contribution is -2.69. The largest absolute Gasteiger partial charge is 0.378 e. The van der Waals surface area contributed by atoms with Crippen LogP contribution in [0.25, 0.3) is 0 Å². The van der Waals surface area contributed by atoms with Crippen molar-refractivity contribution in [2.45, 2.75) is 63.2 Å². The third-order valence-electron chi connectivity index (χ3n) is 7.78. The van der Waals surface area contributed by atoms with Crippen molar-refractivity contribution in [2.75, 3.05) is 31.6 Å². The molecule has 2 fully saturated rings. The summed E-state index contributed by atoms with van der Waals surface area (Å²) in [6.07, 6.45) is -0.275. The number of anilines is 1. The van der Waals surface area contributed by atoms with Crippen LogP contribution in [0.3, 0.4) is 0 Å². The van der Waals surface area contributed by atoms with Crippen molar-refractivity contribution in [3.8, 4) is 0 Å². The van der Waals surface area contributed by atoms with E-state index in [4.69, 9.17) is 16.3 Å². The van der Waals surface area contributed by atoms with Crippen molar-refractivity contribution in [1.29, 1.82) is 0 Å². The van der Waals surface area contributed by atoms with Gasteiger partial charge in [0.1, 0.15) is 11.6 Å². The average Bonchev–Trinajstić information content (AvgIpc) is 2.80. The first-order chi connectivity index (χ1) is 17.6. The van der Waals surface area contributed by atoms with Gasteiger partial charge < -0.3 is 10.1 Å². The maximum atomic E-state index is 15.0. The summed E-state index contributed by atoms with van der Waals surface area (Å²) in [5, 5.41) is 3.16. The number of likely N-dealkylation sites (tertiary alicyclic amines) is 1. The molecule has 5 rings (SSSR count). The van der Waals surface area contributed by atoms with E-state index in [1.165, 1.54) is 12.1 Å². The van der Waals surface area contributed by atoms with Crippen LogP contribution in [0.2, 0.25) is 5.28 Å². The monoisotopic (exact) mass is 540 g/mol. The van der Waals surface area contributed by atoms with Gasteiger partial charge in [-0.25, -0.2) is 27.5 Å². The predicted molar refractivity (Wildman–Crippen MR) is 130 cm³/mol. The van der Waals surface area contributed by atoms with E-state index in [0.717, 1.165) is 23.7 Å². The number of ether oxygens (including phenoxy) is 1. The van der Waals surface area contributed by atoms with Gasteiger partial charge in [-0.05, 0) is 50.1 Å². The molecule has 2 aromatic rings. The minimum atomic E-state index is -2.92. The van der Waals surface area contributed by atoms with E-state index < -0.39 is 29.5 Å². The van der Waals surface area contributed by atoms with Gasteiger partial charge in [-0.1, -0.05) is 18.2 Å². The second-order valence-electron chi connectivity index (χ2n) is 10.3. The van der Waals surface area contributed by atoms with Crippen molar-refractivity contribution < 1.29 is 27.1 Å². The maximum absolute atomic E-state index is 15.0. The van der Waals surface area contributed by atoms with Crippen LogP contribution in [0, 0.1) is 11.7 Å². The summed E-state index contributed by atoms with van der Waals surface area (Å²) >= 11 is 6.14. The first-order valence-electron chi connectivity index (χ1n) is 12.6. The first kappa shape index (κ1) is 26.3. The normalized spacial score (nSPS) is 22.2. The van der Waals surface area contributed by atoms with Crippen molar-refractivity contribution >= 4 is 23.2 Å². The molecule has 1 aromatic heterocycles. The number of ketones is 1. The topological polar surface area (TPSA) is 67.4 Å². The molecule has 0 radical (unpaired) electrons. The fourth-order valence-corrected chi connectivity index (χ4v) is 5.59. The van der Waals surface area contributed by atoms with E-state index in [1.807, 2.05) is 4.90 Å². The molecule has 2 atom stereocenters. The molecule has 37 heavy (non-hydrogen) atoms. The average molecular weight is 541 g/mol. The van der Waals surface area contributed by atoms with Crippen molar-refractivity contribution in [2.24, 2.45) is 5.92 Å². The molecule has 200 valence electrons. The number of aromatic nitrogens is 2.